The molecule has 0 aliphatic carbocycles. The fraction of sp³-hybridized carbons (Fsp3) is 0.389. The molecule has 2 aromatic rings. The van der Waals surface area contributed by atoms with Crippen molar-refractivity contribution < 1.29 is 14.2 Å². The highest BCUT2D eigenvalue weighted by Crippen LogP contribution is 2.25. The van der Waals surface area contributed by atoms with Gasteiger partial charge in [-0.1, -0.05) is 6.07 Å². The van der Waals surface area contributed by atoms with Crippen molar-refractivity contribution in [2.24, 2.45) is 0 Å². The van der Waals surface area contributed by atoms with Gasteiger partial charge in [-0.3, -0.25) is 4.90 Å². The van der Waals surface area contributed by atoms with Gasteiger partial charge in [-0.05, 0) is 36.8 Å². The van der Waals surface area contributed by atoms with E-state index in [1.54, 1.807) is 18.3 Å². The van der Waals surface area contributed by atoms with Crippen molar-refractivity contribution in [3.05, 3.63) is 54.0 Å². The Labute approximate surface area is 141 Å². The Morgan fingerprint density at radius 1 is 1.33 bits per heavy atom. The maximum absolute atomic E-state index is 12.9. The van der Waals surface area contributed by atoms with Crippen molar-refractivity contribution in [3.63, 3.8) is 0 Å². The van der Waals surface area contributed by atoms with Crippen LogP contribution in [0.5, 0.6) is 5.75 Å². The van der Waals surface area contributed by atoms with E-state index in [1.807, 2.05) is 19.2 Å². The normalized spacial score (nSPS) is 21.0. The van der Waals surface area contributed by atoms with E-state index >= 15 is 0 Å². The number of likely N-dealkylation sites (tertiary alicyclic amines) is 1. The van der Waals surface area contributed by atoms with Crippen molar-refractivity contribution in [2.75, 3.05) is 32.1 Å². The van der Waals surface area contributed by atoms with Crippen LogP contribution in [-0.2, 0) is 6.54 Å². The molecule has 1 saturated heterocycles. The summed E-state index contributed by atoms with van der Waals surface area (Å²) in [7, 11) is 1.85. The van der Waals surface area contributed by atoms with Crippen molar-refractivity contribution in [1.82, 2.24) is 9.88 Å². The molecular weight excluding hydrogens is 309 g/mol. The second kappa shape index (κ2) is 7.15. The Bertz CT molecular complexity index is 680. The number of nitrogens with one attached hydrogen (secondary N) is 1. The van der Waals surface area contributed by atoms with E-state index in [0.717, 1.165) is 24.5 Å². The van der Waals surface area contributed by atoms with Crippen molar-refractivity contribution in [3.8, 4) is 5.75 Å². The quantitative estimate of drug-likeness (QED) is 0.850. The van der Waals surface area contributed by atoms with Crippen LogP contribution < -0.4 is 10.1 Å². The van der Waals surface area contributed by atoms with E-state index in [1.165, 1.54) is 12.1 Å². The summed E-state index contributed by atoms with van der Waals surface area (Å²) < 4.78 is 18.5. The summed E-state index contributed by atoms with van der Waals surface area (Å²) in [5, 5.41) is 13.8. The SMILES string of the molecule is CNc1ncccc1CN1CCC(O)(COc2ccc(F)cc2)C1. The molecule has 2 heterocycles. The smallest absolute Gasteiger partial charge is 0.130 e. The summed E-state index contributed by atoms with van der Waals surface area (Å²) in [6, 6.07) is 9.78. The van der Waals surface area contributed by atoms with Crippen LogP contribution in [0.4, 0.5) is 10.2 Å². The van der Waals surface area contributed by atoms with Gasteiger partial charge in [0.15, 0.2) is 0 Å². The number of anilines is 1. The summed E-state index contributed by atoms with van der Waals surface area (Å²) in [6.07, 6.45) is 2.40. The first-order valence-electron chi connectivity index (χ1n) is 8.03. The molecule has 1 aliphatic rings. The molecule has 5 nitrogen and oxygen atoms in total. The first-order chi connectivity index (χ1) is 11.6. The average molecular weight is 331 g/mol. The minimum atomic E-state index is -0.892. The standard InChI is InChI=1S/C18H22FN3O2/c1-20-17-14(3-2-9-21-17)11-22-10-8-18(23,12-22)13-24-16-6-4-15(19)5-7-16/h2-7,9,23H,8,10-13H2,1H3,(H,20,21). The molecule has 0 radical (unpaired) electrons. The molecule has 0 bridgehead atoms. The lowest BCUT2D eigenvalue weighted by Gasteiger charge is -2.24. The van der Waals surface area contributed by atoms with Gasteiger partial charge in [-0.15, -0.1) is 0 Å². The number of hydrogen-bond acceptors (Lipinski definition) is 5. The molecule has 0 saturated carbocycles. The van der Waals surface area contributed by atoms with E-state index in [0.29, 0.717) is 18.7 Å². The molecule has 1 unspecified atom stereocenters. The first kappa shape index (κ1) is 16.7. The highest BCUT2D eigenvalue weighted by atomic mass is 19.1. The molecule has 6 heteroatoms. The number of halogens is 1. The minimum absolute atomic E-state index is 0.195. The van der Waals surface area contributed by atoms with E-state index < -0.39 is 5.60 Å². The van der Waals surface area contributed by atoms with E-state index in [9.17, 15) is 9.50 Å². The molecule has 128 valence electrons. The number of aliphatic hydroxyl groups is 1. The Hall–Kier alpha value is -2.18. The predicted molar refractivity (Wildman–Crippen MR) is 90.5 cm³/mol. The van der Waals surface area contributed by atoms with Gasteiger partial charge >= 0.3 is 0 Å². The molecule has 0 amide bonds. The zero-order valence-electron chi connectivity index (χ0n) is 13.7. The highest BCUT2D eigenvalue weighted by Gasteiger charge is 2.37. The molecule has 1 fully saturated rings. The maximum Gasteiger partial charge on any atom is 0.130 e. The zero-order valence-corrected chi connectivity index (χ0v) is 13.7. The highest BCUT2D eigenvalue weighted by molar-refractivity contribution is 5.42. The third kappa shape index (κ3) is 4.01. The number of nitrogens with zero attached hydrogens (tertiary/aromatic N) is 2. The van der Waals surface area contributed by atoms with E-state index in [-0.39, 0.29) is 12.4 Å². The predicted octanol–water partition coefficient (Wildman–Crippen LogP) is 2.28. The molecule has 1 aromatic heterocycles. The van der Waals surface area contributed by atoms with Gasteiger partial charge in [0.2, 0.25) is 0 Å². The maximum atomic E-state index is 12.9. The number of aromatic nitrogens is 1. The summed E-state index contributed by atoms with van der Waals surface area (Å²) in [6.45, 7) is 2.25. The second-order valence-corrected chi connectivity index (χ2v) is 6.19. The summed E-state index contributed by atoms with van der Waals surface area (Å²) in [5.41, 5.74) is 0.208. The van der Waals surface area contributed by atoms with Gasteiger partial charge in [0, 0.05) is 38.4 Å². The van der Waals surface area contributed by atoms with Crippen LogP contribution in [0.3, 0.4) is 0 Å². The molecule has 3 rings (SSSR count). The Kier molecular flexibility index (Phi) is 4.97. The van der Waals surface area contributed by atoms with Crippen molar-refractivity contribution >= 4 is 5.82 Å². The lowest BCUT2D eigenvalue weighted by atomic mass is 10.1. The van der Waals surface area contributed by atoms with Crippen LogP contribution in [0.2, 0.25) is 0 Å². The number of ether oxygens (including phenoxy) is 1. The Balaban J connectivity index is 1.56. The molecule has 1 atom stereocenters. The van der Waals surface area contributed by atoms with E-state index in [4.69, 9.17) is 4.74 Å². The Morgan fingerprint density at radius 2 is 2.12 bits per heavy atom. The second-order valence-electron chi connectivity index (χ2n) is 6.19. The lowest BCUT2D eigenvalue weighted by Crippen LogP contribution is -2.39. The zero-order chi connectivity index (χ0) is 17.0. The number of β-amino-alcohol motifs (C(OH)–C–C–N with tert-alkyl or cyclic N) is 1. The molecule has 1 aliphatic heterocycles. The van der Waals surface area contributed by atoms with Crippen LogP contribution in [0.15, 0.2) is 42.6 Å². The van der Waals surface area contributed by atoms with Crippen LogP contribution in [0.1, 0.15) is 12.0 Å². The van der Waals surface area contributed by atoms with Crippen molar-refractivity contribution in [1.29, 1.82) is 0 Å². The summed E-state index contributed by atoms with van der Waals surface area (Å²) in [4.78, 5) is 6.49. The van der Waals surface area contributed by atoms with Crippen LogP contribution >= 0.6 is 0 Å². The molecular formula is C18H22FN3O2. The van der Waals surface area contributed by atoms with Gasteiger partial charge in [-0.25, -0.2) is 9.37 Å². The van der Waals surface area contributed by atoms with Crippen LogP contribution in [-0.4, -0.2) is 47.3 Å². The van der Waals surface area contributed by atoms with Gasteiger partial charge in [0.1, 0.15) is 29.6 Å². The minimum Gasteiger partial charge on any atom is -0.491 e. The molecule has 2 N–H and O–H groups in total. The first-order valence-corrected chi connectivity index (χ1v) is 8.03. The molecule has 1 aromatic carbocycles. The largest absolute Gasteiger partial charge is 0.491 e. The van der Waals surface area contributed by atoms with Gasteiger partial charge in [0.25, 0.3) is 0 Å². The van der Waals surface area contributed by atoms with Crippen LogP contribution in [0.25, 0.3) is 0 Å². The number of rotatable bonds is 6. The fourth-order valence-corrected chi connectivity index (χ4v) is 2.97. The monoisotopic (exact) mass is 331 g/mol. The fourth-order valence-electron chi connectivity index (χ4n) is 2.97. The van der Waals surface area contributed by atoms with E-state index in [2.05, 4.69) is 15.2 Å². The topological polar surface area (TPSA) is 57.6 Å². The third-order valence-electron chi connectivity index (χ3n) is 4.25. The van der Waals surface area contributed by atoms with Gasteiger partial charge < -0.3 is 15.2 Å². The summed E-state index contributed by atoms with van der Waals surface area (Å²) >= 11 is 0. The van der Waals surface area contributed by atoms with Gasteiger partial charge in [0.05, 0.1) is 0 Å². The number of benzene rings is 1. The third-order valence-corrected chi connectivity index (χ3v) is 4.25. The number of hydrogen-bond donors (Lipinski definition) is 2. The number of pyridine rings is 1. The molecule has 24 heavy (non-hydrogen) atoms. The Morgan fingerprint density at radius 3 is 2.88 bits per heavy atom. The molecule has 0 spiro atoms. The lowest BCUT2D eigenvalue weighted by molar-refractivity contribution is 0.00337. The van der Waals surface area contributed by atoms with Gasteiger partial charge in [-0.2, -0.15) is 0 Å². The van der Waals surface area contributed by atoms with Crippen LogP contribution in [0, 0.1) is 5.82 Å². The summed E-state index contributed by atoms with van der Waals surface area (Å²) in [5.74, 6) is 1.12. The average Bonchev–Trinajstić information content (AvgIpc) is 2.96. The van der Waals surface area contributed by atoms with Crippen molar-refractivity contribution in [2.45, 2.75) is 18.6 Å².